The van der Waals surface area contributed by atoms with Gasteiger partial charge in [-0.25, -0.2) is 0 Å². The number of guanidine groups is 1. The highest BCUT2D eigenvalue weighted by Crippen LogP contribution is 2.28. The molecule has 0 aromatic carbocycles. The summed E-state index contributed by atoms with van der Waals surface area (Å²) >= 11 is 0. The normalized spacial score (nSPS) is 22.5. The molecule has 2 fully saturated rings. The lowest BCUT2D eigenvalue weighted by atomic mass is 9.89. The summed E-state index contributed by atoms with van der Waals surface area (Å²) in [7, 11) is 1.75. The van der Waals surface area contributed by atoms with Crippen molar-refractivity contribution < 1.29 is 9.53 Å². The van der Waals surface area contributed by atoms with Crippen LogP contribution in [0.25, 0.3) is 0 Å². The molecule has 6 nitrogen and oxygen atoms in total. The molecule has 2 unspecified atom stereocenters. The fourth-order valence-corrected chi connectivity index (χ4v) is 3.90. The largest absolute Gasteiger partial charge is 0.379 e. The third-order valence-corrected chi connectivity index (χ3v) is 5.56. The Morgan fingerprint density at radius 3 is 2.48 bits per heavy atom. The first-order valence-corrected chi connectivity index (χ1v) is 10.2. The number of carbonyl (C=O) groups excluding carboxylic acids is 1. The van der Waals surface area contributed by atoms with Gasteiger partial charge in [-0.1, -0.05) is 33.6 Å². The van der Waals surface area contributed by atoms with Crippen LogP contribution in [0.4, 0.5) is 0 Å². The van der Waals surface area contributed by atoms with Crippen molar-refractivity contribution in [1.82, 2.24) is 15.5 Å². The molecule has 2 atom stereocenters. The first-order valence-electron chi connectivity index (χ1n) is 10.2. The third-order valence-electron chi connectivity index (χ3n) is 5.56. The van der Waals surface area contributed by atoms with Crippen molar-refractivity contribution in [1.29, 1.82) is 0 Å². The van der Waals surface area contributed by atoms with E-state index in [4.69, 9.17) is 9.73 Å². The predicted octanol–water partition coefficient (Wildman–Crippen LogP) is 3.01. The molecular formula is C20H39IN4O2. The van der Waals surface area contributed by atoms with Gasteiger partial charge in [-0.15, -0.1) is 24.0 Å². The Morgan fingerprint density at radius 2 is 1.93 bits per heavy atom. The van der Waals surface area contributed by atoms with Crippen LogP contribution in [-0.2, 0) is 9.53 Å². The minimum Gasteiger partial charge on any atom is -0.379 e. The summed E-state index contributed by atoms with van der Waals surface area (Å²) < 4.78 is 5.60. The van der Waals surface area contributed by atoms with Gasteiger partial charge in [0.1, 0.15) is 0 Å². The topological polar surface area (TPSA) is 66.0 Å². The van der Waals surface area contributed by atoms with Gasteiger partial charge in [0.25, 0.3) is 0 Å². The highest BCUT2D eigenvalue weighted by Gasteiger charge is 2.32. The summed E-state index contributed by atoms with van der Waals surface area (Å²) in [5.41, 5.74) is 0.0490. The molecule has 2 aliphatic rings. The zero-order chi connectivity index (χ0) is 19.2. The molecule has 1 saturated carbocycles. The van der Waals surface area contributed by atoms with Crippen molar-refractivity contribution in [3.05, 3.63) is 0 Å². The molecule has 27 heavy (non-hydrogen) atoms. The average Bonchev–Trinajstić information content (AvgIpc) is 3.25. The second-order valence-electron chi connectivity index (χ2n) is 8.71. The Kier molecular flexibility index (Phi) is 10.4. The molecule has 1 amide bonds. The maximum Gasteiger partial charge on any atom is 0.225 e. The van der Waals surface area contributed by atoms with E-state index >= 15 is 0 Å². The summed E-state index contributed by atoms with van der Waals surface area (Å²) in [5.74, 6) is 1.45. The van der Waals surface area contributed by atoms with Crippen molar-refractivity contribution in [2.24, 2.45) is 16.3 Å². The van der Waals surface area contributed by atoms with Crippen molar-refractivity contribution in [2.45, 2.75) is 71.9 Å². The Hall–Kier alpha value is -0.570. The van der Waals surface area contributed by atoms with Gasteiger partial charge in [0.15, 0.2) is 5.96 Å². The van der Waals surface area contributed by atoms with E-state index in [1.54, 1.807) is 7.11 Å². The summed E-state index contributed by atoms with van der Waals surface area (Å²) in [5, 5.41) is 6.83. The lowest BCUT2D eigenvalue weighted by molar-refractivity contribution is -0.134. The van der Waals surface area contributed by atoms with Crippen LogP contribution in [-0.4, -0.2) is 62.2 Å². The molecule has 2 N–H and O–H groups in total. The molecular weight excluding hydrogens is 455 g/mol. The minimum absolute atomic E-state index is 0. The van der Waals surface area contributed by atoms with Gasteiger partial charge in [-0.05, 0) is 31.6 Å². The van der Waals surface area contributed by atoms with Gasteiger partial charge in [-0.2, -0.15) is 0 Å². The van der Waals surface area contributed by atoms with Gasteiger partial charge < -0.3 is 20.3 Å². The van der Waals surface area contributed by atoms with Gasteiger partial charge in [0, 0.05) is 38.7 Å². The van der Waals surface area contributed by atoms with Crippen LogP contribution in [0.2, 0.25) is 0 Å². The lowest BCUT2D eigenvalue weighted by Crippen LogP contribution is -2.46. The molecule has 0 aromatic heterocycles. The van der Waals surface area contributed by atoms with Crippen LogP contribution in [0.5, 0.6) is 0 Å². The lowest BCUT2D eigenvalue weighted by Gasteiger charge is -2.28. The molecule has 0 aromatic rings. The fourth-order valence-electron chi connectivity index (χ4n) is 3.90. The molecule has 7 heteroatoms. The number of amides is 1. The fraction of sp³-hybridized carbons (Fsp3) is 0.900. The molecule has 1 aliphatic heterocycles. The van der Waals surface area contributed by atoms with Crippen molar-refractivity contribution >= 4 is 35.8 Å². The molecule has 1 heterocycles. The van der Waals surface area contributed by atoms with E-state index in [1.165, 1.54) is 12.8 Å². The van der Waals surface area contributed by atoms with E-state index in [0.29, 0.717) is 12.5 Å². The minimum atomic E-state index is 0. The summed E-state index contributed by atoms with van der Waals surface area (Å²) in [4.78, 5) is 19.4. The molecule has 158 valence electrons. The van der Waals surface area contributed by atoms with Crippen LogP contribution in [0.15, 0.2) is 4.99 Å². The van der Waals surface area contributed by atoms with Crippen molar-refractivity contribution in [2.75, 3.05) is 33.3 Å². The molecule has 2 rings (SSSR count). The maximum absolute atomic E-state index is 12.6. The van der Waals surface area contributed by atoms with E-state index in [9.17, 15) is 4.79 Å². The number of halogens is 1. The van der Waals surface area contributed by atoms with E-state index < -0.39 is 0 Å². The number of carbonyl (C=O) groups is 1. The monoisotopic (exact) mass is 494 g/mol. The smallest absolute Gasteiger partial charge is 0.225 e. The summed E-state index contributed by atoms with van der Waals surface area (Å²) in [6.45, 7) is 11.6. The Balaban J connectivity index is 0.00000364. The predicted molar refractivity (Wildman–Crippen MR) is 122 cm³/mol. The number of rotatable bonds is 6. The first-order chi connectivity index (χ1) is 12.3. The quantitative estimate of drug-likeness (QED) is 0.339. The van der Waals surface area contributed by atoms with E-state index in [-0.39, 0.29) is 47.5 Å². The number of hydrogen-bond acceptors (Lipinski definition) is 3. The zero-order valence-electron chi connectivity index (χ0n) is 17.7. The molecule has 1 aliphatic carbocycles. The highest BCUT2D eigenvalue weighted by molar-refractivity contribution is 14.0. The first kappa shape index (κ1) is 24.5. The molecule has 0 bridgehead atoms. The zero-order valence-corrected chi connectivity index (χ0v) is 20.0. The highest BCUT2D eigenvalue weighted by atomic mass is 127. The van der Waals surface area contributed by atoms with E-state index in [1.807, 2.05) is 4.90 Å². The maximum atomic E-state index is 12.6. The number of hydrogen-bond donors (Lipinski definition) is 2. The van der Waals surface area contributed by atoms with Crippen LogP contribution in [0.3, 0.4) is 0 Å². The number of aliphatic imine (C=N–C) groups is 1. The van der Waals surface area contributed by atoms with E-state index in [2.05, 4.69) is 38.3 Å². The Bertz CT molecular complexity index is 487. The average molecular weight is 494 g/mol. The second kappa shape index (κ2) is 11.4. The van der Waals surface area contributed by atoms with Crippen LogP contribution >= 0.6 is 24.0 Å². The number of ether oxygens (including phenoxy) is 1. The summed E-state index contributed by atoms with van der Waals surface area (Å²) in [6.07, 6.45) is 5.61. The second-order valence-corrected chi connectivity index (χ2v) is 8.71. The number of nitrogens with one attached hydrogen (secondary N) is 2. The van der Waals surface area contributed by atoms with Crippen LogP contribution in [0, 0.1) is 11.3 Å². The third kappa shape index (κ3) is 7.40. The van der Waals surface area contributed by atoms with Crippen LogP contribution in [0.1, 0.15) is 59.8 Å². The van der Waals surface area contributed by atoms with Crippen molar-refractivity contribution in [3.8, 4) is 0 Å². The Morgan fingerprint density at radius 1 is 1.26 bits per heavy atom. The molecule has 0 radical (unpaired) electrons. The Labute approximate surface area is 182 Å². The molecule has 1 saturated heterocycles. The molecule has 0 spiro atoms. The number of likely N-dealkylation sites (tertiary alicyclic amines) is 1. The van der Waals surface area contributed by atoms with Gasteiger partial charge in [0.2, 0.25) is 5.91 Å². The van der Waals surface area contributed by atoms with Crippen molar-refractivity contribution in [3.63, 3.8) is 0 Å². The standard InChI is InChI=1S/C20H38N4O2.HI/c1-6-21-19(22-13-17(26-5)20(2,3)4)23-16-11-12-24(14-16)18(25)15-9-7-8-10-15;/h15-17H,6-14H2,1-5H3,(H2,21,22,23);1H. The number of methoxy groups -OCH3 is 1. The number of nitrogens with zero attached hydrogens (tertiary/aromatic N) is 2. The van der Waals surface area contributed by atoms with Gasteiger partial charge >= 0.3 is 0 Å². The van der Waals surface area contributed by atoms with Gasteiger partial charge in [0.05, 0.1) is 12.6 Å². The SMILES string of the molecule is CCNC(=NCC(OC)C(C)(C)C)NC1CCN(C(=O)C2CCCC2)C1.I. The van der Waals surface area contributed by atoms with Crippen LogP contribution < -0.4 is 10.6 Å². The summed E-state index contributed by atoms with van der Waals surface area (Å²) in [6, 6.07) is 0.272. The van der Waals surface area contributed by atoms with E-state index in [0.717, 1.165) is 44.9 Å². The van der Waals surface area contributed by atoms with Gasteiger partial charge in [-0.3, -0.25) is 9.79 Å².